The minimum atomic E-state index is -3.81. The highest BCUT2D eigenvalue weighted by Crippen LogP contribution is 2.39. The zero-order valence-corrected chi connectivity index (χ0v) is 6.46. The third-order valence-electron chi connectivity index (χ3n) is 1.71. The largest absolute Gasteiger partial charge is 0.378 e. The molecule has 0 saturated carbocycles. The molecule has 1 N–H and O–H groups in total. The minimum absolute atomic E-state index is 0.254. The van der Waals surface area contributed by atoms with E-state index in [1.54, 1.807) is 0 Å². The first-order chi connectivity index (χ1) is 4.50. The maximum atomic E-state index is 12.3. The number of rotatable bonds is 2. The molecule has 0 spiro atoms. The van der Waals surface area contributed by atoms with Crippen LogP contribution in [0.4, 0.5) is 17.6 Å². The highest BCUT2D eigenvalue weighted by atomic mass is 19.3. The van der Waals surface area contributed by atoms with Gasteiger partial charge in [0, 0.05) is 13.8 Å². The van der Waals surface area contributed by atoms with Crippen molar-refractivity contribution in [1.29, 1.82) is 0 Å². The quantitative estimate of drug-likeness (QED) is 0.635. The molecule has 0 radical (unpaired) electrons. The van der Waals surface area contributed by atoms with Crippen LogP contribution in [0.2, 0.25) is 0 Å². The molecule has 5 heteroatoms. The zero-order valence-electron chi connectivity index (χ0n) is 6.46. The van der Waals surface area contributed by atoms with Gasteiger partial charge in [0.2, 0.25) is 0 Å². The number of hydrogen-bond acceptors (Lipinski definition) is 1. The fraction of sp³-hybridized carbons (Fsp3) is 1.00. The molecule has 0 aliphatic heterocycles. The molecule has 0 aliphatic carbocycles. The van der Waals surface area contributed by atoms with E-state index in [4.69, 9.17) is 5.11 Å². The van der Waals surface area contributed by atoms with Gasteiger partial charge in [0.1, 0.15) is 0 Å². The van der Waals surface area contributed by atoms with Crippen LogP contribution in [-0.2, 0) is 0 Å². The summed E-state index contributed by atoms with van der Waals surface area (Å²) in [6, 6.07) is 0. The van der Waals surface area contributed by atoms with E-state index in [0.717, 1.165) is 0 Å². The Morgan fingerprint density at radius 2 is 1.00 bits per heavy atom. The maximum absolute atomic E-state index is 12.3. The van der Waals surface area contributed by atoms with E-state index in [0.29, 0.717) is 6.92 Å². The van der Waals surface area contributed by atoms with Crippen LogP contribution in [0.15, 0.2) is 0 Å². The molecular formula is C6H10F4O. The van der Waals surface area contributed by atoms with Gasteiger partial charge in [-0.1, -0.05) is 0 Å². The van der Waals surface area contributed by atoms with Crippen molar-refractivity contribution < 1.29 is 22.7 Å². The average molecular weight is 174 g/mol. The lowest BCUT2D eigenvalue weighted by molar-refractivity contribution is -0.260. The molecule has 0 fully saturated rings. The summed E-state index contributed by atoms with van der Waals surface area (Å²) < 4.78 is 49.1. The fourth-order valence-electron chi connectivity index (χ4n) is 0.385. The molecule has 0 aromatic heterocycles. The number of halogens is 4. The monoisotopic (exact) mass is 174 g/mol. The Hall–Kier alpha value is -0.320. The van der Waals surface area contributed by atoms with E-state index in [9.17, 15) is 17.6 Å². The molecule has 1 nitrogen and oxygen atoms in total. The molecule has 0 heterocycles. The van der Waals surface area contributed by atoms with Crippen LogP contribution >= 0.6 is 0 Å². The van der Waals surface area contributed by atoms with Gasteiger partial charge in [0.15, 0.2) is 5.60 Å². The molecule has 0 atom stereocenters. The Morgan fingerprint density at radius 1 is 0.818 bits per heavy atom. The molecule has 0 rings (SSSR count). The van der Waals surface area contributed by atoms with E-state index < -0.39 is 17.4 Å². The van der Waals surface area contributed by atoms with Crippen LogP contribution in [0.5, 0.6) is 0 Å². The van der Waals surface area contributed by atoms with Gasteiger partial charge in [-0.2, -0.15) is 0 Å². The van der Waals surface area contributed by atoms with Crippen LogP contribution in [0, 0.1) is 0 Å². The van der Waals surface area contributed by atoms with Crippen molar-refractivity contribution in [3.05, 3.63) is 0 Å². The van der Waals surface area contributed by atoms with Gasteiger partial charge in [-0.25, -0.2) is 17.6 Å². The van der Waals surface area contributed by atoms with Crippen molar-refractivity contribution in [3.63, 3.8) is 0 Å². The van der Waals surface area contributed by atoms with Crippen molar-refractivity contribution in [2.75, 3.05) is 0 Å². The van der Waals surface area contributed by atoms with Crippen molar-refractivity contribution >= 4 is 0 Å². The first-order valence-electron chi connectivity index (χ1n) is 2.98. The van der Waals surface area contributed by atoms with Crippen molar-refractivity contribution in [2.24, 2.45) is 0 Å². The highest BCUT2D eigenvalue weighted by Gasteiger charge is 2.59. The molecule has 0 aromatic carbocycles. The van der Waals surface area contributed by atoms with E-state index in [1.165, 1.54) is 0 Å². The summed E-state index contributed by atoms with van der Waals surface area (Å²) >= 11 is 0. The minimum Gasteiger partial charge on any atom is -0.378 e. The summed E-state index contributed by atoms with van der Waals surface area (Å²) in [6.45, 7) is 0.918. The second-order valence-electron chi connectivity index (χ2n) is 2.85. The van der Waals surface area contributed by atoms with Gasteiger partial charge < -0.3 is 5.11 Å². The second-order valence-corrected chi connectivity index (χ2v) is 2.85. The summed E-state index contributed by atoms with van der Waals surface area (Å²) in [5.74, 6) is -7.63. The molecule has 0 bridgehead atoms. The number of hydrogen-bond donors (Lipinski definition) is 1. The molecule has 11 heavy (non-hydrogen) atoms. The number of aliphatic hydroxyl groups is 1. The molecule has 68 valence electrons. The van der Waals surface area contributed by atoms with Gasteiger partial charge in [-0.15, -0.1) is 0 Å². The Morgan fingerprint density at radius 3 is 1.00 bits per heavy atom. The van der Waals surface area contributed by atoms with Crippen molar-refractivity contribution in [1.82, 2.24) is 0 Å². The normalized spacial score (nSPS) is 15.3. The van der Waals surface area contributed by atoms with Gasteiger partial charge in [-0.05, 0) is 6.92 Å². The molecule has 0 aromatic rings. The van der Waals surface area contributed by atoms with Crippen molar-refractivity contribution in [2.45, 2.75) is 38.2 Å². The second kappa shape index (κ2) is 2.33. The Balaban J connectivity index is 4.75. The van der Waals surface area contributed by atoms with Gasteiger partial charge in [-0.3, -0.25) is 0 Å². The third kappa shape index (κ3) is 1.83. The fourth-order valence-corrected chi connectivity index (χ4v) is 0.385. The van der Waals surface area contributed by atoms with Crippen molar-refractivity contribution in [3.8, 4) is 0 Å². The Labute approximate surface area is 62.0 Å². The molecular weight excluding hydrogens is 164 g/mol. The van der Waals surface area contributed by atoms with E-state index in [2.05, 4.69) is 0 Å². The summed E-state index contributed by atoms with van der Waals surface area (Å²) in [7, 11) is 0. The van der Waals surface area contributed by atoms with E-state index in [1.807, 2.05) is 0 Å². The lowest BCUT2D eigenvalue weighted by atomic mass is 9.93. The first kappa shape index (κ1) is 10.7. The average Bonchev–Trinajstić information content (AvgIpc) is 1.58. The van der Waals surface area contributed by atoms with E-state index in [-0.39, 0.29) is 13.8 Å². The topological polar surface area (TPSA) is 20.2 Å². The van der Waals surface area contributed by atoms with Gasteiger partial charge >= 0.3 is 0 Å². The van der Waals surface area contributed by atoms with Gasteiger partial charge in [0.05, 0.1) is 0 Å². The lowest BCUT2D eigenvalue weighted by Crippen LogP contribution is -2.55. The third-order valence-corrected chi connectivity index (χ3v) is 1.71. The molecule has 0 aliphatic rings. The van der Waals surface area contributed by atoms with Crippen LogP contribution < -0.4 is 0 Å². The number of alkyl halides is 4. The first-order valence-corrected chi connectivity index (χ1v) is 2.98. The predicted octanol–water partition coefficient (Wildman–Crippen LogP) is 2.05. The summed E-state index contributed by atoms with van der Waals surface area (Å²) in [4.78, 5) is 0. The van der Waals surface area contributed by atoms with Crippen LogP contribution in [0.25, 0.3) is 0 Å². The highest BCUT2D eigenvalue weighted by molar-refractivity contribution is 4.95. The van der Waals surface area contributed by atoms with Crippen LogP contribution in [0.3, 0.4) is 0 Å². The molecule has 0 saturated heterocycles. The standard InChI is InChI=1S/C6H10F4O/c1-4(11,5(2,7)8)6(3,9)10/h11H,1-3H3. The van der Waals surface area contributed by atoms with E-state index >= 15 is 0 Å². The summed E-state index contributed by atoms with van der Waals surface area (Å²) in [5, 5.41) is 8.69. The smallest absolute Gasteiger partial charge is 0.279 e. The Kier molecular flexibility index (Phi) is 2.27. The SMILES string of the molecule is CC(F)(F)C(C)(O)C(C)(F)F. The maximum Gasteiger partial charge on any atom is 0.279 e. The Bertz CT molecular complexity index is 126. The molecule has 0 amide bonds. The summed E-state index contributed by atoms with van der Waals surface area (Å²) in [6.07, 6.45) is 0. The zero-order chi connectivity index (χ0) is 9.50. The van der Waals surface area contributed by atoms with Gasteiger partial charge in [0.25, 0.3) is 11.8 Å². The van der Waals surface area contributed by atoms with Crippen LogP contribution in [-0.4, -0.2) is 22.6 Å². The predicted molar refractivity (Wildman–Crippen MR) is 31.9 cm³/mol. The van der Waals surface area contributed by atoms with Crippen LogP contribution in [0.1, 0.15) is 20.8 Å². The summed E-state index contributed by atoms with van der Waals surface area (Å²) in [5.41, 5.74) is -3.29. The molecule has 0 unspecified atom stereocenters. The lowest BCUT2D eigenvalue weighted by Gasteiger charge is -2.34.